The third-order valence-corrected chi connectivity index (χ3v) is 3.02. The Balaban J connectivity index is 2.25. The summed E-state index contributed by atoms with van der Waals surface area (Å²) >= 11 is 3.43. The number of amides is 1. The van der Waals surface area contributed by atoms with E-state index in [2.05, 4.69) is 21.2 Å². The Morgan fingerprint density at radius 1 is 1.40 bits per heavy atom. The Morgan fingerprint density at radius 2 is 2.10 bits per heavy atom. The molecule has 0 atom stereocenters. The van der Waals surface area contributed by atoms with Crippen LogP contribution < -0.4 is 5.32 Å². The molecule has 0 heterocycles. The maximum absolute atomic E-state index is 11.7. The summed E-state index contributed by atoms with van der Waals surface area (Å²) in [5.74, 6) is 0. The second-order valence-electron chi connectivity index (χ2n) is 5.69. The van der Waals surface area contributed by atoms with Gasteiger partial charge in [-0.05, 0) is 45.4 Å². The zero-order valence-corrected chi connectivity index (χ0v) is 14.2. The highest BCUT2D eigenvalue weighted by Crippen LogP contribution is 2.15. The van der Waals surface area contributed by atoms with Crippen LogP contribution in [-0.2, 0) is 4.74 Å². The number of hydrogen-bond acceptors (Lipinski definition) is 3. The molecular formula is C15H23BrN2O2. The van der Waals surface area contributed by atoms with E-state index in [0.29, 0.717) is 6.54 Å². The third-order valence-electron chi connectivity index (χ3n) is 2.53. The van der Waals surface area contributed by atoms with Crippen LogP contribution in [0.3, 0.4) is 0 Å². The van der Waals surface area contributed by atoms with Gasteiger partial charge in [-0.3, -0.25) is 0 Å². The molecule has 0 aliphatic carbocycles. The summed E-state index contributed by atoms with van der Waals surface area (Å²) in [6.07, 6.45) is 0.586. The van der Waals surface area contributed by atoms with Crippen molar-refractivity contribution in [3.63, 3.8) is 0 Å². The number of carbonyl (C=O) groups is 1. The predicted octanol–water partition coefficient (Wildman–Crippen LogP) is 4.12. The summed E-state index contributed by atoms with van der Waals surface area (Å²) in [5, 5.41) is 3.32. The lowest BCUT2D eigenvalue weighted by Gasteiger charge is -2.24. The van der Waals surface area contributed by atoms with Crippen LogP contribution in [0.5, 0.6) is 0 Å². The Bertz CT molecular complexity index is 444. The summed E-state index contributed by atoms with van der Waals surface area (Å²) in [5.41, 5.74) is 0.624. The van der Waals surface area contributed by atoms with Gasteiger partial charge < -0.3 is 15.0 Å². The summed E-state index contributed by atoms with van der Waals surface area (Å²) < 4.78 is 6.34. The van der Waals surface area contributed by atoms with Crippen LogP contribution in [0.4, 0.5) is 10.5 Å². The first kappa shape index (κ1) is 16.8. The van der Waals surface area contributed by atoms with Crippen LogP contribution in [-0.4, -0.2) is 36.7 Å². The molecule has 0 bridgehead atoms. The molecule has 1 aromatic carbocycles. The van der Waals surface area contributed by atoms with Gasteiger partial charge in [-0.15, -0.1) is 0 Å². The lowest BCUT2D eigenvalue weighted by Crippen LogP contribution is -2.35. The SMILES string of the molecule is CN(CCCNc1cccc(Br)c1)C(=O)OC(C)(C)C. The van der Waals surface area contributed by atoms with Crippen LogP contribution in [0.15, 0.2) is 28.7 Å². The monoisotopic (exact) mass is 342 g/mol. The van der Waals surface area contributed by atoms with Gasteiger partial charge in [0.15, 0.2) is 0 Å². The molecule has 1 amide bonds. The molecule has 0 radical (unpaired) electrons. The van der Waals surface area contributed by atoms with Crippen molar-refractivity contribution in [3.05, 3.63) is 28.7 Å². The second-order valence-corrected chi connectivity index (χ2v) is 6.61. The topological polar surface area (TPSA) is 41.6 Å². The second kappa shape index (κ2) is 7.53. The van der Waals surface area contributed by atoms with Crippen LogP contribution in [0, 0.1) is 0 Å². The first-order chi connectivity index (χ1) is 9.28. The van der Waals surface area contributed by atoms with Crippen molar-refractivity contribution < 1.29 is 9.53 Å². The average molecular weight is 343 g/mol. The Labute approximate surface area is 129 Å². The van der Waals surface area contributed by atoms with Crippen molar-refractivity contribution in [2.24, 2.45) is 0 Å². The molecule has 1 rings (SSSR count). The number of nitrogens with one attached hydrogen (secondary N) is 1. The highest BCUT2D eigenvalue weighted by molar-refractivity contribution is 9.10. The minimum absolute atomic E-state index is 0.278. The zero-order chi connectivity index (χ0) is 15.2. The minimum Gasteiger partial charge on any atom is -0.444 e. The van der Waals surface area contributed by atoms with E-state index in [4.69, 9.17) is 4.74 Å². The molecule has 4 nitrogen and oxygen atoms in total. The van der Waals surface area contributed by atoms with Crippen LogP contribution >= 0.6 is 15.9 Å². The number of halogens is 1. The van der Waals surface area contributed by atoms with Gasteiger partial charge in [-0.25, -0.2) is 4.79 Å². The number of ether oxygens (including phenoxy) is 1. The molecular weight excluding hydrogens is 320 g/mol. The summed E-state index contributed by atoms with van der Waals surface area (Å²) in [4.78, 5) is 13.3. The van der Waals surface area contributed by atoms with Gasteiger partial charge >= 0.3 is 6.09 Å². The van der Waals surface area contributed by atoms with Crippen molar-refractivity contribution in [1.82, 2.24) is 4.90 Å². The van der Waals surface area contributed by atoms with E-state index in [1.807, 2.05) is 45.0 Å². The molecule has 0 unspecified atom stereocenters. The summed E-state index contributed by atoms with van der Waals surface area (Å²) in [7, 11) is 1.76. The van der Waals surface area contributed by atoms with Crippen molar-refractivity contribution >= 4 is 27.7 Å². The fourth-order valence-corrected chi connectivity index (χ4v) is 1.98. The lowest BCUT2D eigenvalue weighted by atomic mass is 10.2. The maximum atomic E-state index is 11.7. The predicted molar refractivity (Wildman–Crippen MR) is 86.1 cm³/mol. The zero-order valence-electron chi connectivity index (χ0n) is 12.6. The molecule has 0 aliphatic heterocycles. The number of hydrogen-bond donors (Lipinski definition) is 1. The fourth-order valence-electron chi connectivity index (χ4n) is 1.58. The van der Waals surface area contributed by atoms with Crippen LogP contribution in [0.25, 0.3) is 0 Å². The molecule has 1 N–H and O–H groups in total. The number of benzene rings is 1. The van der Waals surface area contributed by atoms with Gasteiger partial charge in [0.05, 0.1) is 0 Å². The molecule has 0 saturated heterocycles. The van der Waals surface area contributed by atoms with Gasteiger partial charge in [0.2, 0.25) is 0 Å². The van der Waals surface area contributed by atoms with E-state index >= 15 is 0 Å². The van der Waals surface area contributed by atoms with Gasteiger partial charge in [0.1, 0.15) is 5.60 Å². The van der Waals surface area contributed by atoms with Crippen molar-refractivity contribution in [2.45, 2.75) is 32.8 Å². The molecule has 5 heteroatoms. The normalized spacial score (nSPS) is 11.1. The summed E-state index contributed by atoms with van der Waals surface area (Å²) in [6, 6.07) is 8.01. The number of rotatable bonds is 5. The van der Waals surface area contributed by atoms with Crippen molar-refractivity contribution in [2.75, 3.05) is 25.5 Å². The fraction of sp³-hybridized carbons (Fsp3) is 0.533. The quantitative estimate of drug-likeness (QED) is 0.818. The molecule has 1 aromatic rings. The van der Waals surface area contributed by atoms with Gasteiger partial charge in [-0.1, -0.05) is 22.0 Å². The highest BCUT2D eigenvalue weighted by Gasteiger charge is 2.18. The Morgan fingerprint density at radius 3 is 2.70 bits per heavy atom. The first-order valence-electron chi connectivity index (χ1n) is 6.71. The minimum atomic E-state index is -0.445. The van der Waals surface area contributed by atoms with E-state index < -0.39 is 5.60 Å². The number of anilines is 1. The molecule has 0 saturated carbocycles. The van der Waals surface area contributed by atoms with E-state index in [1.54, 1.807) is 11.9 Å². The Kier molecular flexibility index (Phi) is 6.33. The molecule has 0 aliphatic rings. The highest BCUT2D eigenvalue weighted by atomic mass is 79.9. The molecule has 0 fully saturated rings. The maximum Gasteiger partial charge on any atom is 0.410 e. The summed E-state index contributed by atoms with van der Waals surface area (Å²) in [6.45, 7) is 7.08. The van der Waals surface area contributed by atoms with E-state index in [9.17, 15) is 4.79 Å². The standard InChI is InChI=1S/C15H23BrN2O2/c1-15(2,3)20-14(19)18(4)10-6-9-17-13-8-5-7-12(16)11-13/h5,7-8,11,17H,6,9-10H2,1-4H3. The smallest absolute Gasteiger partial charge is 0.410 e. The molecule has 0 aromatic heterocycles. The van der Waals surface area contributed by atoms with E-state index in [1.165, 1.54) is 0 Å². The molecule has 20 heavy (non-hydrogen) atoms. The van der Waals surface area contributed by atoms with Gasteiger partial charge in [-0.2, -0.15) is 0 Å². The third kappa shape index (κ3) is 6.80. The van der Waals surface area contributed by atoms with E-state index in [0.717, 1.165) is 23.1 Å². The largest absolute Gasteiger partial charge is 0.444 e. The van der Waals surface area contributed by atoms with E-state index in [-0.39, 0.29) is 6.09 Å². The van der Waals surface area contributed by atoms with Crippen molar-refractivity contribution in [1.29, 1.82) is 0 Å². The molecule has 0 spiro atoms. The first-order valence-corrected chi connectivity index (χ1v) is 7.51. The van der Waals surface area contributed by atoms with Gasteiger partial charge in [0, 0.05) is 30.3 Å². The van der Waals surface area contributed by atoms with Crippen LogP contribution in [0.2, 0.25) is 0 Å². The van der Waals surface area contributed by atoms with Crippen molar-refractivity contribution in [3.8, 4) is 0 Å². The lowest BCUT2D eigenvalue weighted by molar-refractivity contribution is 0.0298. The number of nitrogens with zero attached hydrogens (tertiary/aromatic N) is 1. The van der Waals surface area contributed by atoms with Gasteiger partial charge in [0.25, 0.3) is 0 Å². The average Bonchev–Trinajstić information content (AvgIpc) is 2.32. The Hall–Kier alpha value is -1.23. The van der Waals surface area contributed by atoms with Crippen LogP contribution in [0.1, 0.15) is 27.2 Å². The molecule has 112 valence electrons. The number of carbonyl (C=O) groups excluding carboxylic acids is 1.